The van der Waals surface area contributed by atoms with E-state index in [0.717, 1.165) is 29.5 Å². The fourth-order valence-corrected chi connectivity index (χ4v) is 5.50. The van der Waals surface area contributed by atoms with Crippen molar-refractivity contribution in [2.24, 2.45) is 5.92 Å². The lowest BCUT2D eigenvalue weighted by Crippen LogP contribution is -2.41. The van der Waals surface area contributed by atoms with Gasteiger partial charge in [0.15, 0.2) is 0 Å². The molecule has 0 saturated carbocycles. The summed E-state index contributed by atoms with van der Waals surface area (Å²) in [5.74, 6) is 1.01. The molecule has 3 aromatic rings. The monoisotopic (exact) mass is 441 g/mol. The zero-order valence-corrected chi connectivity index (χ0v) is 18.3. The first-order chi connectivity index (χ1) is 15.0. The SMILES string of the molecule is COc1ccc2c(ccn2CC(=O)NCC2CCN(S(=O)(=O)c3ccccc3)CC2)c1. The van der Waals surface area contributed by atoms with Crippen molar-refractivity contribution >= 4 is 26.8 Å². The number of benzene rings is 2. The van der Waals surface area contributed by atoms with Gasteiger partial charge in [-0.05, 0) is 55.2 Å². The van der Waals surface area contributed by atoms with Gasteiger partial charge in [-0.15, -0.1) is 0 Å². The molecule has 0 radical (unpaired) electrons. The summed E-state index contributed by atoms with van der Waals surface area (Å²) in [5.41, 5.74) is 0.982. The standard InChI is InChI=1S/C23H27N3O4S/c1-30-20-7-8-22-19(15-20)11-12-25(22)17-23(27)24-16-18-9-13-26(14-10-18)31(28,29)21-5-3-2-4-6-21/h2-8,11-12,15,18H,9-10,13-14,16-17H2,1H3,(H,24,27). The zero-order chi connectivity index (χ0) is 21.8. The van der Waals surface area contributed by atoms with Gasteiger partial charge in [0, 0.05) is 36.7 Å². The summed E-state index contributed by atoms with van der Waals surface area (Å²) in [5, 5.41) is 4.04. The second kappa shape index (κ2) is 9.11. The third-order valence-electron chi connectivity index (χ3n) is 5.83. The normalized spacial score (nSPS) is 15.8. The number of hydrogen-bond acceptors (Lipinski definition) is 4. The number of fused-ring (bicyclic) bond motifs is 1. The average molecular weight is 442 g/mol. The first kappa shape index (κ1) is 21.4. The Morgan fingerprint density at radius 3 is 2.55 bits per heavy atom. The molecule has 0 atom stereocenters. The van der Waals surface area contributed by atoms with Crippen molar-refractivity contribution in [1.82, 2.24) is 14.2 Å². The number of nitrogens with zero attached hydrogens (tertiary/aromatic N) is 2. The van der Waals surface area contributed by atoms with E-state index < -0.39 is 10.0 Å². The Balaban J connectivity index is 1.28. The molecule has 1 fully saturated rings. The number of carbonyl (C=O) groups excluding carboxylic acids is 1. The van der Waals surface area contributed by atoms with E-state index in [1.807, 2.05) is 35.0 Å². The third kappa shape index (κ3) is 4.75. The molecule has 1 amide bonds. The molecule has 2 aromatic carbocycles. The van der Waals surface area contributed by atoms with Crippen LogP contribution in [0.4, 0.5) is 0 Å². The summed E-state index contributed by atoms with van der Waals surface area (Å²) < 4.78 is 34.2. The molecule has 1 aliphatic rings. The Labute approximate surface area is 182 Å². The summed E-state index contributed by atoms with van der Waals surface area (Å²) in [4.78, 5) is 12.8. The lowest BCUT2D eigenvalue weighted by Gasteiger charge is -2.31. The molecule has 1 aromatic heterocycles. The highest BCUT2D eigenvalue weighted by Crippen LogP contribution is 2.24. The number of piperidine rings is 1. The highest BCUT2D eigenvalue weighted by Gasteiger charge is 2.29. The number of hydrogen-bond donors (Lipinski definition) is 1. The fourth-order valence-electron chi connectivity index (χ4n) is 4.01. The summed E-state index contributed by atoms with van der Waals surface area (Å²) in [6, 6.07) is 16.3. The minimum Gasteiger partial charge on any atom is -0.497 e. The minimum atomic E-state index is -3.44. The Morgan fingerprint density at radius 2 is 1.84 bits per heavy atom. The van der Waals surface area contributed by atoms with Crippen molar-refractivity contribution in [1.29, 1.82) is 0 Å². The van der Waals surface area contributed by atoms with Crippen molar-refractivity contribution in [2.75, 3.05) is 26.7 Å². The van der Waals surface area contributed by atoms with Crippen molar-refractivity contribution in [3.05, 3.63) is 60.8 Å². The molecule has 8 heteroatoms. The predicted octanol–water partition coefficient (Wildman–Crippen LogP) is 2.87. The molecule has 7 nitrogen and oxygen atoms in total. The molecule has 1 N–H and O–H groups in total. The van der Waals surface area contributed by atoms with E-state index in [1.54, 1.807) is 41.7 Å². The van der Waals surface area contributed by atoms with Gasteiger partial charge in [0.2, 0.25) is 15.9 Å². The minimum absolute atomic E-state index is 0.0485. The highest BCUT2D eigenvalue weighted by molar-refractivity contribution is 7.89. The van der Waals surface area contributed by atoms with Gasteiger partial charge in [0.25, 0.3) is 0 Å². The van der Waals surface area contributed by atoms with Crippen LogP contribution in [0.1, 0.15) is 12.8 Å². The predicted molar refractivity (Wildman–Crippen MR) is 119 cm³/mol. The van der Waals surface area contributed by atoms with Crippen LogP contribution in [0.25, 0.3) is 10.9 Å². The van der Waals surface area contributed by atoms with Gasteiger partial charge >= 0.3 is 0 Å². The Morgan fingerprint density at radius 1 is 1.10 bits per heavy atom. The number of sulfonamides is 1. The first-order valence-corrected chi connectivity index (χ1v) is 11.9. The van der Waals surface area contributed by atoms with Crippen molar-refractivity contribution < 1.29 is 17.9 Å². The zero-order valence-electron chi connectivity index (χ0n) is 17.5. The van der Waals surface area contributed by atoms with E-state index in [0.29, 0.717) is 24.5 Å². The van der Waals surface area contributed by atoms with Gasteiger partial charge < -0.3 is 14.6 Å². The molecular formula is C23H27N3O4S. The quantitative estimate of drug-likeness (QED) is 0.611. The molecule has 0 spiro atoms. The number of carbonyl (C=O) groups is 1. The maximum absolute atomic E-state index is 12.7. The van der Waals surface area contributed by atoms with Crippen LogP contribution in [0.5, 0.6) is 5.75 Å². The van der Waals surface area contributed by atoms with Gasteiger partial charge in [-0.3, -0.25) is 4.79 Å². The molecule has 164 valence electrons. The smallest absolute Gasteiger partial charge is 0.243 e. The maximum Gasteiger partial charge on any atom is 0.243 e. The number of amides is 1. The molecule has 0 bridgehead atoms. The van der Waals surface area contributed by atoms with Gasteiger partial charge in [-0.2, -0.15) is 4.31 Å². The molecule has 1 aliphatic heterocycles. The van der Waals surface area contributed by atoms with Gasteiger partial charge in [0.05, 0.1) is 12.0 Å². The summed E-state index contributed by atoms with van der Waals surface area (Å²) >= 11 is 0. The van der Waals surface area contributed by atoms with E-state index in [4.69, 9.17) is 4.74 Å². The Kier molecular flexibility index (Phi) is 6.29. The lowest BCUT2D eigenvalue weighted by molar-refractivity contribution is -0.121. The number of aromatic nitrogens is 1. The van der Waals surface area contributed by atoms with Crippen molar-refractivity contribution in [3.8, 4) is 5.75 Å². The van der Waals surface area contributed by atoms with E-state index in [2.05, 4.69) is 5.32 Å². The lowest BCUT2D eigenvalue weighted by atomic mass is 9.98. The number of rotatable bonds is 7. The summed E-state index contributed by atoms with van der Waals surface area (Å²) in [6.07, 6.45) is 3.37. The largest absolute Gasteiger partial charge is 0.497 e. The van der Waals surface area contributed by atoms with Crippen LogP contribution in [0.2, 0.25) is 0 Å². The van der Waals surface area contributed by atoms with Crippen LogP contribution < -0.4 is 10.1 Å². The van der Waals surface area contributed by atoms with Crippen LogP contribution in [0, 0.1) is 5.92 Å². The van der Waals surface area contributed by atoms with Gasteiger partial charge in [0.1, 0.15) is 12.3 Å². The van der Waals surface area contributed by atoms with Gasteiger partial charge in [-0.1, -0.05) is 18.2 Å². The van der Waals surface area contributed by atoms with Crippen LogP contribution in [0.15, 0.2) is 65.7 Å². The molecule has 0 unspecified atom stereocenters. The van der Waals surface area contributed by atoms with E-state index >= 15 is 0 Å². The molecular weight excluding hydrogens is 414 g/mol. The van der Waals surface area contributed by atoms with Gasteiger partial charge in [-0.25, -0.2) is 8.42 Å². The third-order valence-corrected chi connectivity index (χ3v) is 7.75. The van der Waals surface area contributed by atoms with Crippen LogP contribution >= 0.6 is 0 Å². The van der Waals surface area contributed by atoms with E-state index in [1.165, 1.54) is 0 Å². The molecule has 0 aliphatic carbocycles. The van der Waals surface area contributed by atoms with E-state index in [-0.39, 0.29) is 18.4 Å². The van der Waals surface area contributed by atoms with Crippen LogP contribution in [-0.4, -0.2) is 49.9 Å². The first-order valence-electron chi connectivity index (χ1n) is 10.4. The topological polar surface area (TPSA) is 80.6 Å². The number of ether oxygens (including phenoxy) is 1. The van der Waals surface area contributed by atoms with Crippen molar-refractivity contribution in [3.63, 3.8) is 0 Å². The van der Waals surface area contributed by atoms with Crippen molar-refractivity contribution in [2.45, 2.75) is 24.3 Å². The molecule has 4 rings (SSSR count). The molecule has 2 heterocycles. The summed E-state index contributed by atoms with van der Waals surface area (Å²) in [6.45, 7) is 1.76. The second-order valence-electron chi connectivity index (χ2n) is 7.83. The van der Waals surface area contributed by atoms with Crippen LogP contribution in [0.3, 0.4) is 0 Å². The fraction of sp³-hybridized carbons (Fsp3) is 0.348. The average Bonchev–Trinajstić information content (AvgIpc) is 3.20. The molecule has 1 saturated heterocycles. The maximum atomic E-state index is 12.7. The highest BCUT2D eigenvalue weighted by atomic mass is 32.2. The number of nitrogens with one attached hydrogen (secondary N) is 1. The van der Waals surface area contributed by atoms with E-state index in [9.17, 15) is 13.2 Å². The second-order valence-corrected chi connectivity index (χ2v) is 9.77. The Bertz CT molecular complexity index is 1150. The number of methoxy groups -OCH3 is 1. The Hall–Kier alpha value is -2.84. The summed E-state index contributed by atoms with van der Waals surface area (Å²) in [7, 11) is -1.81. The van der Waals surface area contributed by atoms with Crippen LogP contribution in [-0.2, 0) is 21.4 Å². The molecule has 31 heavy (non-hydrogen) atoms.